The number of nitrogens with zero attached hydrogens (tertiary/aromatic N) is 1. The predicted octanol–water partition coefficient (Wildman–Crippen LogP) is 1.27. The number of carbonyl (C=O) groups excluding carboxylic acids is 1. The molecule has 0 unspecified atom stereocenters. The number of carboxylic acid groups (broad SMARTS) is 1. The highest BCUT2D eigenvalue weighted by Crippen LogP contribution is 2.23. The Kier molecular flexibility index (Phi) is 5.97. The Balaban J connectivity index is 2.48. The van der Waals surface area contributed by atoms with Gasteiger partial charge < -0.3 is 14.7 Å². The van der Waals surface area contributed by atoms with Crippen LogP contribution in [0.4, 0.5) is 0 Å². The van der Waals surface area contributed by atoms with Crippen molar-refractivity contribution < 1.29 is 19.4 Å². The molecular weight excluding hydrogens is 222 g/mol. The number of aliphatic carboxylic acids is 1. The molecule has 1 rings (SSSR count). The first kappa shape index (κ1) is 14.0. The predicted molar refractivity (Wildman–Crippen MR) is 62.7 cm³/mol. The second-order valence-corrected chi connectivity index (χ2v) is 4.41. The minimum atomic E-state index is -0.958. The molecule has 1 aliphatic carbocycles. The second kappa shape index (κ2) is 7.27. The number of carboxylic acids is 1. The highest BCUT2D eigenvalue weighted by molar-refractivity contribution is 5.82. The molecule has 1 saturated carbocycles. The van der Waals surface area contributed by atoms with Crippen LogP contribution in [0.2, 0.25) is 0 Å². The van der Waals surface area contributed by atoms with Crippen molar-refractivity contribution in [2.24, 2.45) is 0 Å². The molecule has 0 aromatic carbocycles. The summed E-state index contributed by atoms with van der Waals surface area (Å²) in [5, 5.41) is 8.83. The molecule has 0 aliphatic heterocycles. The van der Waals surface area contributed by atoms with Gasteiger partial charge in [-0.15, -0.1) is 0 Å². The molecule has 0 aromatic heterocycles. The van der Waals surface area contributed by atoms with Crippen molar-refractivity contribution in [3.05, 3.63) is 0 Å². The molecule has 0 atom stereocenters. The summed E-state index contributed by atoms with van der Waals surface area (Å²) in [6.45, 7) is 2.30. The molecule has 1 aliphatic rings. The van der Waals surface area contributed by atoms with Crippen molar-refractivity contribution in [3.8, 4) is 0 Å². The second-order valence-electron chi connectivity index (χ2n) is 4.41. The number of ether oxygens (including phenoxy) is 1. The van der Waals surface area contributed by atoms with Crippen LogP contribution in [0.3, 0.4) is 0 Å². The van der Waals surface area contributed by atoms with Gasteiger partial charge in [0.25, 0.3) is 0 Å². The van der Waals surface area contributed by atoms with Crippen LogP contribution in [0.15, 0.2) is 0 Å². The van der Waals surface area contributed by atoms with Crippen molar-refractivity contribution in [2.45, 2.75) is 45.1 Å². The smallest absolute Gasteiger partial charge is 0.323 e. The van der Waals surface area contributed by atoms with E-state index in [1.807, 2.05) is 6.92 Å². The van der Waals surface area contributed by atoms with E-state index < -0.39 is 5.97 Å². The molecule has 0 heterocycles. The normalized spacial score (nSPS) is 16.1. The van der Waals surface area contributed by atoms with Crippen LogP contribution in [0.1, 0.15) is 39.0 Å². The number of carbonyl (C=O) groups is 2. The molecule has 0 spiro atoms. The van der Waals surface area contributed by atoms with E-state index in [2.05, 4.69) is 0 Å². The lowest BCUT2D eigenvalue weighted by Gasteiger charge is -2.27. The van der Waals surface area contributed by atoms with Crippen molar-refractivity contribution in [1.82, 2.24) is 4.90 Å². The number of hydrogen-bond acceptors (Lipinski definition) is 3. The molecule has 0 bridgehead atoms. The minimum absolute atomic E-state index is 0.00236. The zero-order chi connectivity index (χ0) is 12.7. The van der Waals surface area contributed by atoms with Gasteiger partial charge in [0.15, 0.2) is 0 Å². The van der Waals surface area contributed by atoms with Gasteiger partial charge >= 0.3 is 5.97 Å². The first-order chi connectivity index (χ1) is 8.15. The van der Waals surface area contributed by atoms with Crippen LogP contribution in [-0.4, -0.2) is 47.7 Å². The molecule has 0 saturated heterocycles. The Morgan fingerprint density at radius 1 is 1.35 bits per heavy atom. The van der Waals surface area contributed by atoms with E-state index in [-0.39, 0.29) is 25.1 Å². The fraction of sp³-hybridized carbons (Fsp3) is 0.833. The third-order valence-corrected chi connectivity index (χ3v) is 2.97. The van der Waals surface area contributed by atoms with Crippen LogP contribution >= 0.6 is 0 Å². The molecule has 98 valence electrons. The van der Waals surface area contributed by atoms with Crippen molar-refractivity contribution in [1.29, 1.82) is 0 Å². The Bertz CT molecular complexity index is 261. The summed E-state index contributed by atoms with van der Waals surface area (Å²) in [6.07, 6.45) is 4.82. The lowest BCUT2D eigenvalue weighted by molar-refractivity contribution is -0.148. The van der Waals surface area contributed by atoms with E-state index in [0.29, 0.717) is 6.61 Å². The molecule has 5 nitrogen and oxygen atoms in total. The van der Waals surface area contributed by atoms with E-state index in [0.717, 1.165) is 32.1 Å². The van der Waals surface area contributed by atoms with Gasteiger partial charge in [-0.1, -0.05) is 19.8 Å². The SMILES string of the molecule is CCCOCC(=O)N(CC(=O)O)C1CCCC1. The summed E-state index contributed by atoms with van der Waals surface area (Å²) < 4.78 is 5.18. The van der Waals surface area contributed by atoms with Gasteiger partial charge in [-0.25, -0.2) is 0 Å². The first-order valence-corrected chi connectivity index (χ1v) is 6.24. The van der Waals surface area contributed by atoms with E-state index in [4.69, 9.17) is 9.84 Å². The largest absolute Gasteiger partial charge is 0.480 e. The summed E-state index contributed by atoms with van der Waals surface area (Å²) >= 11 is 0. The van der Waals surface area contributed by atoms with Crippen molar-refractivity contribution in [3.63, 3.8) is 0 Å². The molecular formula is C12H21NO4. The van der Waals surface area contributed by atoms with Gasteiger partial charge in [0.2, 0.25) is 5.91 Å². The van der Waals surface area contributed by atoms with Gasteiger partial charge in [-0.05, 0) is 19.3 Å². The van der Waals surface area contributed by atoms with E-state index in [9.17, 15) is 9.59 Å². The minimum Gasteiger partial charge on any atom is -0.480 e. The quantitative estimate of drug-likeness (QED) is 0.684. The fourth-order valence-corrected chi connectivity index (χ4v) is 2.17. The molecule has 1 N–H and O–H groups in total. The Morgan fingerprint density at radius 3 is 2.53 bits per heavy atom. The van der Waals surface area contributed by atoms with Gasteiger partial charge in [0.05, 0.1) is 0 Å². The van der Waals surface area contributed by atoms with E-state index in [1.54, 1.807) is 0 Å². The zero-order valence-corrected chi connectivity index (χ0v) is 10.4. The monoisotopic (exact) mass is 243 g/mol. The number of amides is 1. The molecule has 1 amide bonds. The van der Waals surface area contributed by atoms with Crippen molar-refractivity contribution in [2.75, 3.05) is 19.8 Å². The van der Waals surface area contributed by atoms with Crippen LogP contribution in [0, 0.1) is 0 Å². The summed E-state index contributed by atoms with van der Waals surface area (Å²) in [5.74, 6) is -1.16. The van der Waals surface area contributed by atoms with Gasteiger partial charge in [-0.2, -0.15) is 0 Å². The summed E-state index contributed by atoms with van der Waals surface area (Å²) in [6, 6.07) is 0.0869. The average molecular weight is 243 g/mol. The lowest BCUT2D eigenvalue weighted by atomic mass is 10.2. The fourth-order valence-electron chi connectivity index (χ4n) is 2.17. The Hall–Kier alpha value is -1.10. The van der Waals surface area contributed by atoms with Crippen LogP contribution < -0.4 is 0 Å². The molecule has 17 heavy (non-hydrogen) atoms. The summed E-state index contributed by atoms with van der Waals surface area (Å²) in [5.41, 5.74) is 0. The van der Waals surface area contributed by atoms with Gasteiger partial charge in [0.1, 0.15) is 13.2 Å². The van der Waals surface area contributed by atoms with Gasteiger partial charge in [0, 0.05) is 12.6 Å². The first-order valence-electron chi connectivity index (χ1n) is 6.24. The highest BCUT2D eigenvalue weighted by atomic mass is 16.5. The van der Waals surface area contributed by atoms with Crippen molar-refractivity contribution >= 4 is 11.9 Å². The molecule has 5 heteroatoms. The standard InChI is InChI=1S/C12H21NO4/c1-2-7-17-9-11(14)13(8-12(15)16)10-5-3-4-6-10/h10H,2-9H2,1H3,(H,15,16). The maximum Gasteiger partial charge on any atom is 0.323 e. The van der Waals surface area contributed by atoms with Crippen LogP contribution in [0.25, 0.3) is 0 Å². The Labute approximate surface area is 102 Å². The molecule has 0 radical (unpaired) electrons. The van der Waals surface area contributed by atoms with Gasteiger partial charge in [-0.3, -0.25) is 9.59 Å². The maximum atomic E-state index is 11.9. The maximum absolute atomic E-state index is 11.9. The zero-order valence-electron chi connectivity index (χ0n) is 10.4. The lowest BCUT2D eigenvalue weighted by Crippen LogP contribution is -2.44. The Morgan fingerprint density at radius 2 is 2.00 bits per heavy atom. The number of hydrogen-bond donors (Lipinski definition) is 1. The molecule has 0 aromatic rings. The topological polar surface area (TPSA) is 66.8 Å². The third-order valence-electron chi connectivity index (χ3n) is 2.97. The van der Waals surface area contributed by atoms with E-state index in [1.165, 1.54) is 4.90 Å². The number of rotatable bonds is 7. The summed E-state index contributed by atoms with van der Waals surface area (Å²) in [4.78, 5) is 24.1. The summed E-state index contributed by atoms with van der Waals surface area (Å²) in [7, 11) is 0. The van der Waals surface area contributed by atoms with Crippen LogP contribution in [-0.2, 0) is 14.3 Å². The highest BCUT2D eigenvalue weighted by Gasteiger charge is 2.28. The third kappa shape index (κ3) is 4.73. The average Bonchev–Trinajstić information content (AvgIpc) is 2.79. The van der Waals surface area contributed by atoms with E-state index >= 15 is 0 Å². The van der Waals surface area contributed by atoms with Crippen LogP contribution in [0.5, 0.6) is 0 Å². The molecule has 1 fully saturated rings.